The van der Waals surface area contributed by atoms with E-state index in [1.165, 1.54) is 0 Å². The van der Waals surface area contributed by atoms with Gasteiger partial charge in [0.2, 0.25) is 0 Å². The number of ether oxygens (including phenoxy) is 1. The van der Waals surface area contributed by atoms with Crippen LogP contribution in [0.25, 0.3) is 0 Å². The van der Waals surface area contributed by atoms with Crippen molar-refractivity contribution in [3.8, 4) is 0 Å². The van der Waals surface area contributed by atoms with Crippen LogP contribution in [0.15, 0.2) is 12.1 Å². The Hall–Kier alpha value is -0.910. The molecule has 0 bridgehead atoms. The van der Waals surface area contributed by atoms with Gasteiger partial charge in [-0.05, 0) is 12.6 Å². The molecule has 1 aliphatic heterocycles. The summed E-state index contributed by atoms with van der Waals surface area (Å²) in [5.74, 6) is -1.37. The Morgan fingerprint density at radius 3 is 2.95 bits per heavy atom. The molecule has 2 rings (SSSR count). The molecule has 0 aromatic heterocycles. The Balaban J connectivity index is 1.95. The number of nitrogens with zero attached hydrogens (tertiary/aromatic N) is 1. The fraction of sp³-hybridized carbons (Fsp3) is 0.538. The minimum absolute atomic E-state index is 0.0192. The fourth-order valence-corrected chi connectivity index (χ4v) is 2.38. The minimum Gasteiger partial charge on any atom is -0.379 e. The predicted octanol–water partition coefficient (Wildman–Crippen LogP) is 2.75. The van der Waals surface area contributed by atoms with Crippen LogP contribution >= 0.6 is 11.6 Å². The van der Waals surface area contributed by atoms with E-state index in [-0.39, 0.29) is 16.8 Å². The molecular formula is C13H17ClF2N2O. The highest BCUT2D eigenvalue weighted by Gasteiger charge is 2.20. The average Bonchev–Trinajstić information content (AvgIpc) is 2.37. The van der Waals surface area contributed by atoms with Gasteiger partial charge in [0.05, 0.1) is 23.4 Å². The number of nitrogens with one attached hydrogen (secondary N) is 1. The normalized spacial score (nSPS) is 20.5. The first-order chi connectivity index (χ1) is 9.10. The quantitative estimate of drug-likeness (QED) is 0.923. The van der Waals surface area contributed by atoms with Crippen LogP contribution in [0.1, 0.15) is 6.92 Å². The SMILES string of the molecule is CCN1CCOC(CNc2c(F)cc(F)cc2Cl)C1. The number of hydrogen-bond acceptors (Lipinski definition) is 3. The molecule has 0 spiro atoms. The van der Waals surface area contributed by atoms with Gasteiger partial charge in [0, 0.05) is 25.7 Å². The summed E-state index contributed by atoms with van der Waals surface area (Å²) in [5, 5.41) is 2.94. The van der Waals surface area contributed by atoms with Crippen molar-refractivity contribution in [2.45, 2.75) is 13.0 Å². The third kappa shape index (κ3) is 3.78. The number of rotatable bonds is 4. The summed E-state index contributed by atoms with van der Waals surface area (Å²) in [6.07, 6.45) is -0.0192. The van der Waals surface area contributed by atoms with Gasteiger partial charge in [0.1, 0.15) is 5.82 Å². The molecule has 0 radical (unpaired) electrons. The van der Waals surface area contributed by atoms with Crippen molar-refractivity contribution < 1.29 is 13.5 Å². The Labute approximate surface area is 116 Å². The van der Waals surface area contributed by atoms with Crippen molar-refractivity contribution in [2.75, 3.05) is 38.1 Å². The lowest BCUT2D eigenvalue weighted by Gasteiger charge is -2.32. The molecule has 1 atom stereocenters. The number of halogens is 3. The number of anilines is 1. The first-order valence-corrected chi connectivity index (χ1v) is 6.70. The van der Waals surface area contributed by atoms with Crippen LogP contribution in [0.3, 0.4) is 0 Å². The molecule has 1 unspecified atom stereocenters. The van der Waals surface area contributed by atoms with Crippen molar-refractivity contribution in [1.29, 1.82) is 0 Å². The van der Waals surface area contributed by atoms with E-state index in [0.717, 1.165) is 31.8 Å². The third-order valence-corrected chi connectivity index (χ3v) is 3.48. The van der Waals surface area contributed by atoms with Crippen molar-refractivity contribution in [3.63, 3.8) is 0 Å². The zero-order valence-corrected chi connectivity index (χ0v) is 11.5. The zero-order chi connectivity index (χ0) is 13.8. The number of likely N-dealkylation sites (N-methyl/N-ethyl adjacent to an activating group) is 1. The van der Waals surface area contributed by atoms with Gasteiger partial charge in [-0.2, -0.15) is 0 Å². The van der Waals surface area contributed by atoms with Crippen molar-refractivity contribution in [2.24, 2.45) is 0 Å². The maximum absolute atomic E-state index is 13.6. The lowest BCUT2D eigenvalue weighted by Crippen LogP contribution is -2.45. The van der Waals surface area contributed by atoms with E-state index in [4.69, 9.17) is 16.3 Å². The fourth-order valence-electron chi connectivity index (χ4n) is 2.12. The van der Waals surface area contributed by atoms with E-state index in [1.807, 2.05) is 0 Å². The Kier molecular flexibility index (Phi) is 4.96. The molecule has 106 valence electrons. The van der Waals surface area contributed by atoms with E-state index in [9.17, 15) is 8.78 Å². The summed E-state index contributed by atoms with van der Waals surface area (Å²) in [4.78, 5) is 2.26. The smallest absolute Gasteiger partial charge is 0.150 e. The number of benzene rings is 1. The van der Waals surface area contributed by atoms with Crippen LogP contribution in [-0.2, 0) is 4.74 Å². The van der Waals surface area contributed by atoms with Crippen molar-refractivity contribution in [1.82, 2.24) is 4.90 Å². The summed E-state index contributed by atoms with van der Waals surface area (Å²) in [7, 11) is 0. The molecule has 1 saturated heterocycles. The zero-order valence-electron chi connectivity index (χ0n) is 10.8. The minimum atomic E-state index is -0.687. The second-order valence-electron chi connectivity index (χ2n) is 4.51. The molecular weight excluding hydrogens is 274 g/mol. The van der Waals surface area contributed by atoms with Gasteiger partial charge in [-0.3, -0.25) is 4.90 Å². The predicted molar refractivity (Wildman–Crippen MR) is 71.7 cm³/mol. The maximum Gasteiger partial charge on any atom is 0.150 e. The van der Waals surface area contributed by atoms with Gasteiger partial charge in [-0.15, -0.1) is 0 Å². The lowest BCUT2D eigenvalue weighted by molar-refractivity contribution is -0.0192. The Morgan fingerprint density at radius 1 is 1.47 bits per heavy atom. The van der Waals surface area contributed by atoms with Gasteiger partial charge in [-0.25, -0.2) is 8.78 Å². The lowest BCUT2D eigenvalue weighted by atomic mass is 10.2. The van der Waals surface area contributed by atoms with Crippen LogP contribution in [0, 0.1) is 11.6 Å². The van der Waals surface area contributed by atoms with Crippen molar-refractivity contribution >= 4 is 17.3 Å². The standard InChI is InChI=1S/C13H17ClF2N2O/c1-2-18-3-4-19-10(8-18)7-17-13-11(14)5-9(15)6-12(13)16/h5-6,10,17H,2-4,7-8H2,1H3. The second-order valence-corrected chi connectivity index (χ2v) is 4.92. The molecule has 0 amide bonds. The van der Waals surface area contributed by atoms with E-state index < -0.39 is 11.6 Å². The topological polar surface area (TPSA) is 24.5 Å². The third-order valence-electron chi connectivity index (χ3n) is 3.18. The van der Waals surface area contributed by atoms with E-state index in [0.29, 0.717) is 13.2 Å². The molecule has 1 aromatic carbocycles. The van der Waals surface area contributed by atoms with Crippen LogP contribution in [-0.4, -0.2) is 43.8 Å². The largest absolute Gasteiger partial charge is 0.379 e. The maximum atomic E-state index is 13.6. The molecule has 1 heterocycles. The molecule has 1 aliphatic rings. The summed E-state index contributed by atoms with van der Waals surface area (Å²) < 4.78 is 32.1. The summed E-state index contributed by atoms with van der Waals surface area (Å²) >= 11 is 5.81. The average molecular weight is 291 g/mol. The highest BCUT2D eigenvalue weighted by atomic mass is 35.5. The monoisotopic (exact) mass is 290 g/mol. The van der Waals surface area contributed by atoms with Crippen LogP contribution in [0.4, 0.5) is 14.5 Å². The Morgan fingerprint density at radius 2 is 2.26 bits per heavy atom. The highest BCUT2D eigenvalue weighted by molar-refractivity contribution is 6.33. The Bertz CT molecular complexity index is 422. The summed E-state index contributed by atoms with van der Waals surface area (Å²) in [6, 6.07) is 1.90. The van der Waals surface area contributed by atoms with E-state index in [2.05, 4.69) is 17.1 Å². The van der Waals surface area contributed by atoms with Crippen LogP contribution in [0.5, 0.6) is 0 Å². The number of morpholine rings is 1. The molecule has 1 fully saturated rings. The van der Waals surface area contributed by atoms with Crippen LogP contribution < -0.4 is 5.32 Å². The van der Waals surface area contributed by atoms with E-state index in [1.54, 1.807) is 0 Å². The second kappa shape index (κ2) is 6.50. The molecule has 1 N–H and O–H groups in total. The van der Waals surface area contributed by atoms with Gasteiger partial charge in [0.15, 0.2) is 5.82 Å². The first-order valence-electron chi connectivity index (χ1n) is 6.32. The number of hydrogen-bond donors (Lipinski definition) is 1. The van der Waals surface area contributed by atoms with Gasteiger partial charge >= 0.3 is 0 Å². The van der Waals surface area contributed by atoms with Crippen molar-refractivity contribution in [3.05, 3.63) is 28.8 Å². The summed E-state index contributed by atoms with van der Waals surface area (Å²) in [6.45, 7) is 5.87. The molecule has 19 heavy (non-hydrogen) atoms. The molecule has 1 aromatic rings. The van der Waals surface area contributed by atoms with Crippen LogP contribution in [0.2, 0.25) is 5.02 Å². The van der Waals surface area contributed by atoms with Gasteiger partial charge in [0.25, 0.3) is 0 Å². The summed E-state index contributed by atoms with van der Waals surface area (Å²) in [5.41, 5.74) is 0.125. The molecule has 0 saturated carbocycles. The molecule has 3 nitrogen and oxygen atoms in total. The van der Waals surface area contributed by atoms with E-state index >= 15 is 0 Å². The van der Waals surface area contributed by atoms with Gasteiger partial charge < -0.3 is 10.1 Å². The first kappa shape index (κ1) is 14.5. The highest BCUT2D eigenvalue weighted by Crippen LogP contribution is 2.26. The molecule has 6 heteroatoms. The molecule has 0 aliphatic carbocycles. The van der Waals surface area contributed by atoms with Gasteiger partial charge in [-0.1, -0.05) is 18.5 Å².